The molecule has 2 aromatic rings. The van der Waals surface area contributed by atoms with Crippen LogP contribution in [0.3, 0.4) is 0 Å². The van der Waals surface area contributed by atoms with Crippen LogP contribution in [0.4, 0.5) is 10.5 Å². The second-order valence-electron chi connectivity index (χ2n) is 7.51. The number of anilines is 1. The molecule has 1 fully saturated rings. The Morgan fingerprint density at radius 2 is 1.60 bits per heavy atom. The van der Waals surface area contributed by atoms with E-state index in [4.69, 9.17) is 0 Å². The molecule has 1 heterocycles. The third-order valence-electron chi connectivity index (χ3n) is 4.63. The lowest BCUT2D eigenvalue weighted by Gasteiger charge is -2.21. The van der Waals surface area contributed by atoms with E-state index in [1.165, 1.54) is 5.56 Å². The highest BCUT2D eigenvalue weighted by Gasteiger charge is 2.29. The van der Waals surface area contributed by atoms with E-state index in [9.17, 15) is 9.59 Å². The van der Waals surface area contributed by atoms with Gasteiger partial charge in [0.2, 0.25) is 0 Å². The summed E-state index contributed by atoms with van der Waals surface area (Å²) < 4.78 is 0. The van der Waals surface area contributed by atoms with Crippen LogP contribution in [0.5, 0.6) is 0 Å². The summed E-state index contributed by atoms with van der Waals surface area (Å²) in [6.07, 6.45) is 0.809. The number of benzene rings is 2. The van der Waals surface area contributed by atoms with Crippen LogP contribution >= 0.6 is 0 Å². The third-order valence-corrected chi connectivity index (χ3v) is 4.63. The van der Waals surface area contributed by atoms with E-state index in [1.807, 2.05) is 17.0 Å². The van der Waals surface area contributed by atoms with Gasteiger partial charge in [0.15, 0.2) is 0 Å². The van der Waals surface area contributed by atoms with E-state index in [1.54, 1.807) is 17.0 Å². The molecule has 130 valence electrons. The fourth-order valence-corrected chi connectivity index (χ4v) is 3.03. The van der Waals surface area contributed by atoms with Crippen molar-refractivity contribution in [3.05, 3.63) is 65.2 Å². The summed E-state index contributed by atoms with van der Waals surface area (Å²) in [5.41, 5.74) is 4.01. The van der Waals surface area contributed by atoms with Gasteiger partial charge in [-0.25, -0.2) is 4.79 Å². The Bertz CT molecular complexity index is 758. The highest BCUT2D eigenvalue weighted by molar-refractivity contribution is 5.94. The van der Waals surface area contributed by atoms with Gasteiger partial charge >= 0.3 is 6.03 Å². The van der Waals surface area contributed by atoms with Gasteiger partial charge in [-0.05, 0) is 40.8 Å². The van der Waals surface area contributed by atoms with Crippen molar-refractivity contribution in [3.8, 4) is 0 Å². The van der Waals surface area contributed by atoms with Crippen molar-refractivity contribution in [2.24, 2.45) is 0 Å². The first kappa shape index (κ1) is 17.2. The second-order valence-corrected chi connectivity index (χ2v) is 7.51. The van der Waals surface area contributed by atoms with Crippen molar-refractivity contribution in [2.75, 3.05) is 18.0 Å². The number of aldehydes is 1. The summed E-state index contributed by atoms with van der Waals surface area (Å²) >= 11 is 0. The minimum atomic E-state index is 0.0127. The Labute approximate surface area is 149 Å². The van der Waals surface area contributed by atoms with Crippen LogP contribution < -0.4 is 4.90 Å². The lowest BCUT2D eigenvalue weighted by molar-refractivity contribution is 0.112. The Morgan fingerprint density at radius 1 is 0.960 bits per heavy atom. The summed E-state index contributed by atoms with van der Waals surface area (Å²) in [5, 5.41) is 0. The molecule has 0 radical (unpaired) electrons. The number of carbonyl (C=O) groups excluding carboxylic acids is 2. The van der Waals surface area contributed by atoms with Crippen molar-refractivity contribution >= 4 is 18.0 Å². The molecule has 0 bridgehead atoms. The molecule has 4 nitrogen and oxygen atoms in total. The molecule has 0 aliphatic carbocycles. The van der Waals surface area contributed by atoms with Crippen molar-refractivity contribution in [1.82, 2.24) is 4.90 Å². The van der Waals surface area contributed by atoms with E-state index in [2.05, 4.69) is 45.0 Å². The van der Waals surface area contributed by atoms with E-state index in [0.717, 1.165) is 17.5 Å². The van der Waals surface area contributed by atoms with Gasteiger partial charge in [-0.15, -0.1) is 0 Å². The number of hydrogen-bond donors (Lipinski definition) is 0. The fourth-order valence-electron chi connectivity index (χ4n) is 3.03. The van der Waals surface area contributed by atoms with Crippen molar-refractivity contribution in [2.45, 2.75) is 32.7 Å². The number of amides is 2. The van der Waals surface area contributed by atoms with Crippen molar-refractivity contribution in [1.29, 1.82) is 0 Å². The smallest absolute Gasteiger partial charge is 0.318 e. The maximum Gasteiger partial charge on any atom is 0.324 e. The highest BCUT2D eigenvalue weighted by Crippen LogP contribution is 2.24. The average Bonchev–Trinajstić information content (AvgIpc) is 2.95. The monoisotopic (exact) mass is 336 g/mol. The zero-order chi connectivity index (χ0) is 18.0. The molecule has 0 N–H and O–H groups in total. The molecular weight excluding hydrogens is 312 g/mol. The average molecular weight is 336 g/mol. The summed E-state index contributed by atoms with van der Waals surface area (Å²) in [6.45, 7) is 8.57. The number of rotatable bonds is 4. The molecular formula is C21H24N2O2. The number of carbonyl (C=O) groups is 2. The van der Waals surface area contributed by atoms with Crippen LogP contribution in [-0.4, -0.2) is 30.3 Å². The van der Waals surface area contributed by atoms with Crippen LogP contribution in [0.25, 0.3) is 0 Å². The van der Waals surface area contributed by atoms with Gasteiger partial charge in [-0.1, -0.05) is 45.0 Å². The minimum Gasteiger partial charge on any atom is -0.318 e. The standard InChI is InChI=1S/C21H24N2O2/c1-21(2,3)18-8-4-16(5-9-18)14-22-12-13-23(20(22)25)19-10-6-17(15-24)7-11-19/h4-11,15H,12-14H2,1-3H3. The molecule has 3 rings (SSSR count). The van der Waals surface area contributed by atoms with Crippen LogP contribution in [0.1, 0.15) is 42.3 Å². The number of hydrogen-bond acceptors (Lipinski definition) is 2. The first-order valence-electron chi connectivity index (χ1n) is 8.59. The Kier molecular flexibility index (Phi) is 4.62. The Hall–Kier alpha value is -2.62. The number of nitrogens with zero attached hydrogens (tertiary/aromatic N) is 2. The van der Waals surface area contributed by atoms with Crippen LogP contribution in [-0.2, 0) is 12.0 Å². The van der Waals surface area contributed by atoms with Gasteiger partial charge < -0.3 is 4.90 Å². The first-order valence-corrected chi connectivity index (χ1v) is 8.59. The molecule has 0 saturated carbocycles. The second kappa shape index (κ2) is 6.71. The molecule has 0 aromatic heterocycles. The molecule has 1 aliphatic heterocycles. The molecule has 1 aliphatic rings. The normalized spacial score (nSPS) is 14.9. The van der Waals surface area contributed by atoms with Gasteiger partial charge in [-0.2, -0.15) is 0 Å². The minimum absolute atomic E-state index is 0.0127. The lowest BCUT2D eigenvalue weighted by atomic mass is 9.87. The predicted octanol–water partition coefficient (Wildman–Crippen LogP) is 4.24. The molecule has 0 unspecified atom stereocenters. The molecule has 25 heavy (non-hydrogen) atoms. The number of urea groups is 1. The van der Waals surface area contributed by atoms with E-state index < -0.39 is 0 Å². The maximum absolute atomic E-state index is 12.7. The molecule has 2 amide bonds. The van der Waals surface area contributed by atoms with Crippen LogP contribution in [0.15, 0.2) is 48.5 Å². The highest BCUT2D eigenvalue weighted by atomic mass is 16.2. The quantitative estimate of drug-likeness (QED) is 0.784. The van der Waals surface area contributed by atoms with E-state index >= 15 is 0 Å². The molecule has 1 saturated heterocycles. The summed E-state index contributed by atoms with van der Waals surface area (Å²) in [7, 11) is 0. The van der Waals surface area contributed by atoms with E-state index in [-0.39, 0.29) is 11.4 Å². The summed E-state index contributed by atoms with van der Waals surface area (Å²) in [6, 6.07) is 15.6. The van der Waals surface area contributed by atoms with E-state index in [0.29, 0.717) is 25.2 Å². The van der Waals surface area contributed by atoms with Crippen LogP contribution in [0.2, 0.25) is 0 Å². The largest absolute Gasteiger partial charge is 0.324 e. The Morgan fingerprint density at radius 3 is 2.16 bits per heavy atom. The van der Waals surface area contributed by atoms with Gasteiger partial charge in [0.05, 0.1) is 0 Å². The van der Waals surface area contributed by atoms with Gasteiger partial charge in [-0.3, -0.25) is 9.69 Å². The zero-order valence-electron chi connectivity index (χ0n) is 15.0. The Balaban J connectivity index is 1.68. The molecule has 2 aromatic carbocycles. The van der Waals surface area contributed by atoms with Gasteiger partial charge in [0.1, 0.15) is 6.29 Å². The molecule has 4 heteroatoms. The van der Waals surface area contributed by atoms with Gasteiger partial charge in [0, 0.05) is 30.9 Å². The molecule has 0 atom stereocenters. The SMILES string of the molecule is CC(C)(C)c1ccc(CN2CCN(c3ccc(C=O)cc3)C2=O)cc1. The topological polar surface area (TPSA) is 40.6 Å². The summed E-state index contributed by atoms with van der Waals surface area (Å²) in [4.78, 5) is 27.1. The lowest BCUT2D eigenvalue weighted by Crippen LogP contribution is -2.31. The fraction of sp³-hybridized carbons (Fsp3) is 0.333. The third kappa shape index (κ3) is 3.73. The first-order chi connectivity index (χ1) is 11.9. The van der Waals surface area contributed by atoms with Gasteiger partial charge in [0.25, 0.3) is 0 Å². The van der Waals surface area contributed by atoms with Crippen molar-refractivity contribution in [3.63, 3.8) is 0 Å². The zero-order valence-corrected chi connectivity index (χ0v) is 15.0. The van der Waals surface area contributed by atoms with Crippen molar-refractivity contribution < 1.29 is 9.59 Å². The molecule has 0 spiro atoms. The summed E-state index contributed by atoms with van der Waals surface area (Å²) in [5.74, 6) is 0. The maximum atomic E-state index is 12.7. The predicted molar refractivity (Wildman–Crippen MR) is 100 cm³/mol. The van der Waals surface area contributed by atoms with Crippen LogP contribution in [0, 0.1) is 0 Å².